The van der Waals surface area contributed by atoms with Gasteiger partial charge in [-0.1, -0.05) is 29.8 Å². The van der Waals surface area contributed by atoms with Crippen LogP contribution in [0.15, 0.2) is 76.5 Å². The summed E-state index contributed by atoms with van der Waals surface area (Å²) in [6.07, 6.45) is 1.14. The molecule has 0 heterocycles. The van der Waals surface area contributed by atoms with E-state index in [1.807, 2.05) is 6.92 Å². The van der Waals surface area contributed by atoms with E-state index >= 15 is 0 Å². The number of rotatable bonds is 7. The van der Waals surface area contributed by atoms with E-state index in [0.29, 0.717) is 16.8 Å². The molecule has 3 aromatic rings. The Balaban J connectivity index is 1.72. The third-order valence-corrected chi connectivity index (χ3v) is 7.73. The van der Waals surface area contributed by atoms with Gasteiger partial charge in [-0.2, -0.15) is 0 Å². The maximum atomic E-state index is 12.7. The Morgan fingerprint density at radius 1 is 0.818 bits per heavy atom. The van der Waals surface area contributed by atoms with Crippen molar-refractivity contribution in [1.82, 2.24) is 5.32 Å². The molecule has 1 unspecified atom stereocenters. The number of anilines is 1. The molecule has 0 saturated carbocycles. The van der Waals surface area contributed by atoms with Crippen molar-refractivity contribution in [2.24, 2.45) is 0 Å². The second-order valence-electron chi connectivity index (χ2n) is 7.98. The van der Waals surface area contributed by atoms with E-state index in [9.17, 15) is 21.6 Å². The summed E-state index contributed by atoms with van der Waals surface area (Å²) in [7, 11) is -7.04. The molecule has 2 N–H and O–H groups in total. The average Bonchev–Trinajstić information content (AvgIpc) is 2.74. The number of benzene rings is 3. The zero-order valence-corrected chi connectivity index (χ0v) is 20.4. The summed E-state index contributed by atoms with van der Waals surface area (Å²) in [5.41, 5.74) is 3.08. The van der Waals surface area contributed by atoms with Crippen LogP contribution in [-0.4, -0.2) is 29.0 Å². The smallest absolute Gasteiger partial charge is 0.261 e. The van der Waals surface area contributed by atoms with Crippen LogP contribution in [0.3, 0.4) is 0 Å². The van der Waals surface area contributed by atoms with Gasteiger partial charge in [-0.15, -0.1) is 0 Å². The Kier molecular flexibility index (Phi) is 6.94. The van der Waals surface area contributed by atoms with Gasteiger partial charge in [0, 0.05) is 11.8 Å². The molecule has 0 aliphatic rings. The first-order valence-electron chi connectivity index (χ1n) is 10.2. The minimum Gasteiger partial charge on any atom is -0.346 e. The largest absolute Gasteiger partial charge is 0.346 e. The second-order valence-corrected chi connectivity index (χ2v) is 11.7. The Morgan fingerprint density at radius 3 is 1.94 bits per heavy atom. The van der Waals surface area contributed by atoms with Crippen LogP contribution in [0.5, 0.6) is 0 Å². The Hall–Kier alpha value is -3.17. The van der Waals surface area contributed by atoms with E-state index in [2.05, 4.69) is 10.0 Å². The highest BCUT2D eigenvalue weighted by atomic mass is 32.2. The van der Waals surface area contributed by atoms with E-state index in [-0.39, 0.29) is 21.7 Å². The first kappa shape index (κ1) is 24.5. The Labute approximate surface area is 194 Å². The van der Waals surface area contributed by atoms with Gasteiger partial charge in [0.05, 0.1) is 21.5 Å². The third-order valence-electron chi connectivity index (χ3n) is 5.22. The first-order chi connectivity index (χ1) is 15.4. The third kappa shape index (κ3) is 6.00. The van der Waals surface area contributed by atoms with E-state index in [0.717, 1.165) is 17.4 Å². The second kappa shape index (κ2) is 9.36. The minimum atomic E-state index is -3.75. The fourth-order valence-electron chi connectivity index (χ4n) is 3.21. The van der Waals surface area contributed by atoms with Crippen molar-refractivity contribution in [2.75, 3.05) is 11.0 Å². The average molecular weight is 487 g/mol. The van der Waals surface area contributed by atoms with Crippen molar-refractivity contribution >= 4 is 31.5 Å². The summed E-state index contributed by atoms with van der Waals surface area (Å²) in [4.78, 5) is 13.1. The van der Waals surface area contributed by atoms with Crippen LogP contribution in [0.25, 0.3) is 0 Å². The summed E-state index contributed by atoms with van der Waals surface area (Å²) in [5.74, 6) is -0.328. The van der Waals surface area contributed by atoms with Crippen molar-refractivity contribution in [2.45, 2.75) is 36.6 Å². The van der Waals surface area contributed by atoms with Crippen molar-refractivity contribution in [3.05, 3.63) is 89.0 Å². The van der Waals surface area contributed by atoms with Crippen LogP contribution in [0.1, 0.15) is 40.0 Å². The standard InChI is InChI=1S/C24H26N2O5S2/c1-16-5-10-22(11-6-16)33(30,31)26-23-14-9-20(15-17(23)2)24(27)25-18(3)19-7-12-21(13-8-19)32(4,28)29/h5-15,18,26H,1-4H3,(H,25,27). The van der Waals surface area contributed by atoms with Crippen molar-refractivity contribution in [3.63, 3.8) is 0 Å². The molecule has 0 saturated heterocycles. The number of nitrogens with one attached hydrogen (secondary N) is 2. The van der Waals surface area contributed by atoms with Crippen molar-refractivity contribution in [3.8, 4) is 0 Å². The molecule has 3 rings (SSSR count). The molecule has 0 aliphatic carbocycles. The zero-order valence-electron chi connectivity index (χ0n) is 18.8. The van der Waals surface area contributed by atoms with Crippen LogP contribution in [0.4, 0.5) is 5.69 Å². The van der Waals surface area contributed by atoms with Crippen LogP contribution in [0.2, 0.25) is 0 Å². The monoisotopic (exact) mass is 486 g/mol. The van der Waals surface area contributed by atoms with Crippen molar-refractivity contribution < 1.29 is 21.6 Å². The van der Waals surface area contributed by atoms with E-state index in [4.69, 9.17) is 0 Å². The molecular weight excluding hydrogens is 460 g/mol. The highest BCUT2D eigenvalue weighted by molar-refractivity contribution is 7.92. The molecule has 7 nitrogen and oxygen atoms in total. The number of hydrogen-bond donors (Lipinski definition) is 2. The maximum absolute atomic E-state index is 12.7. The fraction of sp³-hybridized carbons (Fsp3) is 0.208. The SMILES string of the molecule is Cc1ccc(S(=O)(=O)Nc2ccc(C(=O)NC(C)c3ccc(S(C)(=O)=O)cc3)cc2C)cc1. The molecular formula is C24H26N2O5S2. The molecule has 0 bridgehead atoms. The molecule has 3 aromatic carbocycles. The predicted octanol–water partition coefficient (Wildman–Crippen LogP) is 4.00. The number of hydrogen-bond acceptors (Lipinski definition) is 5. The normalized spacial score (nSPS) is 12.7. The van der Waals surface area contributed by atoms with Gasteiger partial charge in [0.25, 0.3) is 15.9 Å². The molecule has 1 atom stereocenters. The van der Waals surface area contributed by atoms with Gasteiger partial charge >= 0.3 is 0 Å². The number of sulfone groups is 1. The molecule has 0 spiro atoms. The Bertz CT molecular complexity index is 1380. The van der Waals surface area contributed by atoms with Gasteiger partial charge < -0.3 is 5.32 Å². The number of aryl methyl sites for hydroxylation is 2. The summed E-state index contributed by atoms with van der Waals surface area (Å²) in [5, 5.41) is 2.87. The minimum absolute atomic E-state index is 0.157. The summed E-state index contributed by atoms with van der Waals surface area (Å²) >= 11 is 0. The lowest BCUT2D eigenvalue weighted by Gasteiger charge is -2.16. The van der Waals surface area contributed by atoms with Crippen LogP contribution in [-0.2, 0) is 19.9 Å². The lowest BCUT2D eigenvalue weighted by atomic mass is 10.1. The first-order valence-corrected chi connectivity index (χ1v) is 13.6. The summed E-state index contributed by atoms with van der Waals surface area (Å²) in [6.45, 7) is 5.39. The van der Waals surface area contributed by atoms with E-state index < -0.39 is 19.9 Å². The molecule has 33 heavy (non-hydrogen) atoms. The molecule has 0 aliphatic heterocycles. The molecule has 0 aromatic heterocycles. The quantitative estimate of drug-likeness (QED) is 0.525. The highest BCUT2D eigenvalue weighted by Gasteiger charge is 2.17. The summed E-state index contributed by atoms with van der Waals surface area (Å²) < 4.78 is 51.1. The molecule has 9 heteroatoms. The molecule has 1 amide bonds. The lowest BCUT2D eigenvalue weighted by Crippen LogP contribution is -2.26. The number of amides is 1. The van der Waals surface area contributed by atoms with Gasteiger partial charge in [-0.25, -0.2) is 16.8 Å². The van der Waals surface area contributed by atoms with Crippen molar-refractivity contribution in [1.29, 1.82) is 0 Å². The highest BCUT2D eigenvalue weighted by Crippen LogP contribution is 2.22. The lowest BCUT2D eigenvalue weighted by molar-refractivity contribution is 0.0939. The summed E-state index contributed by atoms with van der Waals surface area (Å²) in [6, 6.07) is 17.2. The number of carbonyl (C=O) groups excluding carboxylic acids is 1. The van der Waals surface area contributed by atoms with Gasteiger partial charge in [-0.05, 0) is 74.4 Å². The number of sulfonamides is 1. The number of carbonyl (C=O) groups is 1. The maximum Gasteiger partial charge on any atom is 0.261 e. The van der Waals surface area contributed by atoms with Gasteiger partial charge in [0.2, 0.25) is 0 Å². The van der Waals surface area contributed by atoms with Gasteiger partial charge in [0.1, 0.15) is 0 Å². The molecule has 0 fully saturated rings. The van der Waals surface area contributed by atoms with Crippen LogP contribution >= 0.6 is 0 Å². The van der Waals surface area contributed by atoms with Crippen LogP contribution in [0, 0.1) is 13.8 Å². The van der Waals surface area contributed by atoms with Gasteiger partial charge in [0.15, 0.2) is 9.84 Å². The fourth-order valence-corrected chi connectivity index (χ4v) is 4.97. The molecule has 0 radical (unpaired) electrons. The topological polar surface area (TPSA) is 109 Å². The molecule has 174 valence electrons. The van der Waals surface area contributed by atoms with Gasteiger partial charge in [-0.3, -0.25) is 9.52 Å². The van der Waals surface area contributed by atoms with Crippen LogP contribution < -0.4 is 10.0 Å². The van der Waals surface area contributed by atoms with E-state index in [1.54, 1.807) is 68.4 Å². The van der Waals surface area contributed by atoms with E-state index in [1.165, 1.54) is 12.1 Å². The zero-order chi connectivity index (χ0) is 24.4. The predicted molar refractivity (Wildman–Crippen MR) is 129 cm³/mol. The Morgan fingerprint density at radius 2 is 1.39 bits per heavy atom.